The SMILES string of the molecule is CCC1(CC)CCNC2(CCCC(C)CC2)O1. The molecule has 1 saturated heterocycles. The molecule has 2 atom stereocenters. The van der Waals surface area contributed by atoms with E-state index in [4.69, 9.17) is 4.74 Å². The largest absolute Gasteiger partial charge is 0.354 e. The minimum Gasteiger partial charge on any atom is -0.354 e. The Hall–Kier alpha value is -0.0800. The van der Waals surface area contributed by atoms with Crippen LogP contribution in [0.15, 0.2) is 0 Å². The molecule has 0 aromatic carbocycles. The lowest BCUT2D eigenvalue weighted by Crippen LogP contribution is -2.59. The highest BCUT2D eigenvalue weighted by Crippen LogP contribution is 2.40. The molecular formula is C15H29NO. The lowest BCUT2D eigenvalue weighted by Gasteiger charge is -2.48. The molecule has 2 aliphatic rings. The highest BCUT2D eigenvalue weighted by Gasteiger charge is 2.43. The Balaban J connectivity index is 2.08. The first kappa shape index (κ1) is 13.4. The van der Waals surface area contributed by atoms with E-state index in [1.807, 2.05) is 0 Å². The van der Waals surface area contributed by atoms with Crippen molar-refractivity contribution in [1.82, 2.24) is 5.32 Å². The monoisotopic (exact) mass is 239 g/mol. The zero-order valence-electron chi connectivity index (χ0n) is 11.8. The topological polar surface area (TPSA) is 21.3 Å². The maximum atomic E-state index is 6.62. The Bertz CT molecular complexity index is 249. The lowest BCUT2D eigenvalue weighted by molar-refractivity contribution is -0.209. The predicted molar refractivity (Wildman–Crippen MR) is 72.0 cm³/mol. The van der Waals surface area contributed by atoms with Crippen LogP contribution in [-0.2, 0) is 4.74 Å². The number of ether oxygens (including phenoxy) is 1. The second-order valence-electron chi connectivity index (χ2n) is 6.20. The van der Waals surface area contributed by atoms with Crippen molar-refractivity contribution in [3.8, 4) is 0 Å². The minimum absolute atomic E-state index is 0.00896. The Morgan fingerprint density at radius 1 is 1.12 bits per heavy atom. The molecule has 0 radical (unpaired) electrons. The van der Waals surface area contributed by atoms with Gasteiger partial charge in [0.25, 0.3) is 0 Å². The van der Waals surface area contributed by atoms with Gasteiger partial charge >= 0.3 is 0 Å². The summed E-state index contributed by atoms with van der Waals surface area (Å²) in [4.78, 5) is 0. The van der Waals surface area contributed by atoms with Gasteiger partial charge < -0.3 is 4.74 Å². The smallest absolute Gasteiger partial charge is 0.120 e. The van der Waals surface area contributed by atoms with Crippen molar-refractivity contribution < 1.29 is 4.74 Å². The van der Waals surface area contributed by atoms with Gasteiger partial charge in [0.1, 0.15) is 5.72 Å². The van der Waals surface area contributed by atoms with Crippen molar-refractivity contribution in [2.45, 2.75) is 83.5 Å². The first-order valence-electron chi connectivity index (χ1n) is 7.59. The van der Waals surface area contributed by atoms with Crippen LogP contribution in [0, 0.1) is 5.92 Å². The average Bonchev–Trinajstić information content (AvgIpc) is 2.52. The van der Waals surface area contributed by atoms with Gasteiger partial charge in [-0.3, -0.25) is 5.32 Å². The van der Waals surface area contributed by atoms with Crippen molar-refractivity contribution in [2.24, 2.45) is 5.92 Å². The number of hydrogen-bond donors (Lipinski definition) is 1. The molecule has 2 rings (SSSR count). The van der Waals surface area contributed by atoms with Gasteiger partial charge in [0, 0.05) is 6.54 Å². The number of hydrogen-bond acceptors (Lipinski definition) is 2. The Morgan fingerprint density at radius 3 is 2.59 bits per heavy atom. The molecule has 1 spiro atoms. The molecule has 1 heterocycles. The van der Waals surface area contributed by atoms with Gasteiger partial charge in [-0.15, -0.1) is 0 Å². The molecule has 1 aliphatic heterocycles. The molecule has 1 aliphatic carbocycles. The summed E-state index contributed by atoms with van der Waals surface area (Å²) in [5.74, 6) is 0.874. The van der Waals surface area contributed by atoms with E-state index in [2.05, 4.69) is 26.1 Å². The summed E-state index contributed by atoms with van der Waals surface area (Å²) in [7, 11) is 0. The maximum absolute atomic E-state index is 6.62. The van der Waals surface area contributed by atoms with E-state index in [-0.39, 0.29) is 11.3 Å². The fourth-order valence-corrected chi connectivity index (χ4v) is 3.53. The van der Waals surface area contributed by atoms with Crippen LogP contribution in [0.2, 0.25) is 0 Å². The molecule has 0 bridgehead atoms. The molecule has 2 heteroatoms. The zero-order valence-corrected chi connectivity index (χ0v) is 11.8. The predicted octanol–water partition coefficient (Wildman–Crippen LogP) is 3.85. The molecule has 1 saturated carbocycles. The third-order valence-corrected chi connectivity index (χ3v) is 5.05. The van der Waals surface area contributed by atoms with Crippen molar-refractivity contribution in [3.05, 3.63) is 0 Å². The van der Waals surface area contributed by atoms with Gasteiger partial charge in [0.2, 0.25) is 0 Å². The second kappa shape index (κ2) is 5.27. The molecule has 2 nitrogen and oxygen atoms in total. The molecule has 0 aromatic heterocycles. The summed E-state index contributed by atoms with van der Waals surface area (Å²) < 4.78 is 6.62. The summed E-state index contributed by atoms with van der Waals surface area (Å²) in [5.41, 5.74) is 0.161. The van der Waals surface area contributed by atoms with Crippen LogP contribution < -0.4 is 5.32 Å². The van der Waals surface area contributed by atoms with Crippen molar-refractivity contribution >= 4 is 0 Å². The van der Waals surface area contributed by atoms with Crippen LogP contribution >= 0.6 is 0 Å². The average molecular weight is 239 g/mol. The molecular weight excluding hydrogens is 210 g/mol. The van der Waals surface area contributed by atoms with E-state index >= 15 is 0 Å². The van der Waals surface area contributed by atoms with Crippen LogP contribution in [0.1, 0.15) is 72.1 Å². The summed E-state index contributed by atoms with van der Waals surface area (Å²) in [6.07, 6.45) is 9.91. The summed E-state index contributed by atoms with van der Waals surface area (Å²) in [5, 5.41) is 3.70. The highest BCUT2D eigenvalue weighted by atomic mass is 16.5. The third kappa shape index (κ3) is 2.85. The second-order valence-corrected chi connectivity index (χ2v) is 6.20. The first-order chi connectivity index (χ1) is 8.14. The number of rotatable bonds is 2. The molecule has 1 N–H and O–H groups in total. The highest BCUT2D eigenvalue weighted by molar-refractivity contribution is 4.93. The van der Waals surface area contributed by atoms with Gasteiger partial charge in [-0.25, -0.2) is 0 Å². The summed E-state index contributed by atoms with van der Waals surface area (Å²) in [6, 6.07) is 0. The van der Waals surface area contributed by atoms with Gasteiger partial charge in [-0.2, -0.15) is 0 Å². The summed E-state index contributed by atoms with van der Waals surface area (Å²) in [6.45, 7) is 8.08. The third-order valence-electron chi connectivity index (χ3n) is 5.05. The Labute approximate surface area is 107 Å². The van der Waals surface area contributed by atoms with Gasteiger partial charge in [-0.05, 0) is 50.9 Å². The van der Waals surface area contributed by atoms with Crippen LogP contribution in [0.25, 0.3) is 0 Å². The maximum Gasteiger partial charge on any atom is 0.120 e. The van der Waals surface area contributed by atoms with E-state index in [1.54, 1.807) is 0 Å². The fraction of sp³-hybridized carbons (Fsp3) is 1.00. The lowest BCUT2D eigenvalue weighted by atomic mass is 9.88. The normalized spacial score (nSPS) is 37.9. The zero-order chi connectivity index (χ0) is 12.4. The molecule has 0 aromatic rings. The van der Waals surface area contributed by atoms with E-state index in [9.17, 15) is 0 Å². The molecule has 100 valence electrons. The Kier molecular flexibility index (Phi) is 4.14. The number of nitrogens with one attached hydrogen (secondary N) is 1. The minimum atomic E-state index is 0.00896. The van der Waals surface area contributed by atoms with Gasteiger partial charge in [0.05, 0.1) is 5.60 Å². The van der Waals surface area contributed by atoms with Gasteiger partial charge in [-0.1, -0.05) is 27.2 Å². The molecule has 2 fully saturated rings. The van der Waals surface area contributed by atoms with Crippen LogP contribution in [0.3, 0.4) is 0 Å². The summed E-state index contributed by atoms with van der Waals surface area (Å²) >= 11 is 0. The van der Waals surface area contributed by atoms with Crippen LogP contribution in [0.4, 0.5) is 0 Å². The molecule has 2 unspecified atom stereocenters. The van der Waals surface area contributed by atoms with Crippen molar-refractivity contribution in [1.29, 1.82) is 0 Å². The van der Waals surface area contributed by atoms with Crippen LogP contribution in [0.5, 0.6) is 0 Å². The Morgan fingerprint density at radius 2 is 1.88 bits per heavy atom. The van der Waals surface area contributed by atoms with E-state index in [1.165, 1.54) is 38.5 Å². The van der Waals surface area contributed by atoms with Crippen molar-refractivity contribution in [3.63, 3.8) is 0 Å². The first-order valence-corrected chi connectivity index (χ1v) is 7.59. The standard InChI is InChI=1S/C15H29NO/c1-4-14(5-2)11-12-16-15(17-14)9-6-7-13(3)8-10-15/h13,16H,4-12H2,1-3H3. The quantitative estimate of drug-likeness (QED) is 0.790. The van der Waals surface area contributed by atoms with Crippen LogP contribution in [-0.4, -0.2) is 17.9 Å². The van der Waals surface area contributed by atoms with E-state index in [0.717, 1.165) is 25.3 Å². The van der Waals surface area contributed by atoms with E-state index in [0.29, 0.717) is 0 Å². The molecule has 17 heavy (non-hydrogen) atoms. The van der Waals surface area contributed by atoms with E-state index < -0.39 is 0 Å². The fourth-order valence-electron chi connectivity index (χ4n) is 3.53. The van der Waals surface area contributed by atoms with Gasteiger partial charge in [0.15, 0.2) is 0 Å². The van der Waals surface area contributed by atoms with Crippen molar-refractivity contribution in [2.75, 3.05) is 6.54 Å². The molecule has 0 amide bonds.